The Labute approximate surface area is 533 Å². The summed E-state index contributed by atoms with van der Waals surface area (Å²) in [6.07, 6.45) is -42.7. The van der Waals surface area contributed by atoms with Crippen molar-refractivity contribution >= 4 is 43.6 Å². The first-order chi connectivity index (χ1) is 45.5. The van der Waals surface area contributed by atoms with E-state index in [9.17, 15) is 116 Å². The van der Waals surface area contributed by atoms with E-state index < -0.39 is 138 Å². The molecule has 28 heteroatoms. The molecule has 10 aromatic carbocycles. The zero-order valence-corrected chi connectivity index (χ0v) is 48.2. The van der Waals surface area contributed by atoms with Crippen LogP contribution in [0.2, 0.25) is 0 Å². The summed E-state index contributed by atoms with van der Waals surface area (Å²) < 4.78 is 346. The van der Waals surface area contributed by atoms with Crippen LogP contribution in [0, 0.1) is 22.7 Å². The summed E-state index contributed by atoms with van der Waals surface area (Å²) in [4.78, 5) is 0. The van der Waals surface area contributed by atoms with Crippen LogP contribution in [0.3, 0.4) is 0 Å². The molecule has 12 rings (SSSR count). The average Bonchev–Trinajstić information content (AvgIpc) is 1.52. The molecule has 0 fully saturated rings. The van der Waals surface area contributed by atoms with Gasteiger partial charge in [0.05, 0.1) is 89.8 Å². The lowest BCUT2D eigenvalue weighted by molar-refractivity contribution is -0.144. The van der Waals surface area contributed by atoms with Crippen molar-refractivity contribution < 1.29 is 105 Å². The molecule has 2 heterocycles. The fraction of sp³-hybridized carbons (Fsp3) is 0.114. The first kappa shape index (κ1) is 67.1. The smallest absolute Gasteiger partial charge is 0.309 e. The Morgan fingerprint density at radius 3 is 0.643 bits per heavy atom. The van der Waals surface area contributed by atoms with Gasteiger partial charge in [0.2, 0.25) is 0 Å². The molecule has 498 valence electrons. The van der Waals surface area contributed by atoms with Crippen LogP contribution >= 0.6 is 0 Å². The lowest BCUT2D eigenvalue weighted by Crippen LogP contribution is -2.12. The van der Waals surface area contributed by atoms with Gasteiger partial charge in [-0.2, -0.15) is 116 Å². The number of halogens is 24. The highest BCUT2D eigenvalue weighted by Gasteiger charge is 2.43. The highest BCUT2D eigenvalue weighted by atomic mass is 19.4. The third kappa shape index (κ3) is 12.1. The summed E-state index contributed by atoms with van der Waals surface area (Å²) in [5.74, 6) is 0. The molecule has 0 amide bonds. The van der Waals surface area contributed by atoms with Crippen molar-refractivity contribution in [3.05, 3.63) is 238 Å². The van der Waals surface area contributed by atoms with Gasteiger partial charge in [-0.1, -0.05) is 48.5 Å². The Bertz CT molecular complexity index is 4760. The molecule has 12 aromatic rings. The molecule has 0 saturated heterocycles. The van der Waals surface area contributed by atoms with Gasteiger partial charge in [-0.15, -0.1) is 0 Å². The van der Waals surface area contributed by atoms with E-state index in [0.29, 0.717) is 48.5 Å². The quantitative estimate of drug-likeness (QED) is 0.149. The third-order valence-electron chi connectivity index (χ3n) is 16.4. The van der Waals surface area contributed by atoms with E-state index >= 15 is 0 Å². The van der Waals surface area contributed by atoms with Crippen LogP contribution < -0.4 is 0 Å². The molecular formula is C70H30F24N4. The van der Waals surface area contributed by atoms with Crippen molar-refractivity contribution in [3.63, 3.8) is 0 Å². The number of nitrogens with zero attached hydrogens (tertiary/aromatic N) is 4. The fourth-order valence-electron chi connectivity index (χ4n) is 12.1. The predicted molar refractivity (Wildman–Crippen MR) is 312 cm³/mol. The number of rotatable bonds is 7. The molecule has 4 nitrogen and oxygen atoms in total. The summed E-state index contributed by atoms with van der Waals surface area (Å²) in [6, 6.07) is 28.2. The molecule has 0 N–H and O–H groups in total. The first-order valence-corrected chi connectivity index (χ1v) is 28.0. The lowest BCUT2D eigenvalue weighted by atomic mass is 9.94. The van der Waals surface area contributed by atoms with E-state index in [4.69, 9.17) is 0 Å². The third-order valence-corrected chi connectivity index (χ3v) is 16.4. The number of alkyl halides is 24. The van der Waals surface area contributed by atoms with Crippen molar-refractivity contribution in [1.29, 1.82) is 10.5 Å². The van der Waals surface area contributed by atoms with Crippen LogP contribution in [0.15, 0.2) is 182 Å². The van der Waals surface area contributed by atoms with E-state index in [-0.39, 0.29) is 102 Å². The number of hydrogen-bond acceptors (Lipinski definition) is 2. The van der Waals surface area contributed by atoms with Crippen LogP contribution in [0.4, 0.5) is 105 Å². The zero-order chi connectivity index (χ0) is 71.1. The Morgan fingerprint density at radius 2 is 0.449 bits per heavy atom. The van der Waals surface area contributed by atoms with E-state index in [2.05, 4.69) is 0 Å². The molecule has 98 heavy (non-hydrogen) atoms. The monoisotopic (exact) mass is 1380 g/mol. The maximum absolute atomic E-state index is 14.7. The van der Waals surface area contributed by atoms with Crippen molar-refractivity contribution in [3.8, 4) is 79.1 Å². The van der Waals surface area contributed by atoms with Crippen molar-refractivity contribution in [1.82, 2.24) is 9.13 Å². The van der Waals surface area contributed by atoms with Crippen molar-refractivity contribution in [2.45, 2.75) is 49.4 Å². The molecule has 0 spiro atoms. The van der Waals surface area contributed by atoms with Crippen LogP contribution in [0.5, 0.6) is 0 Å². The molecular weight excluding hydrogens is 1350 g/mol. The SMILES string of the molecule is N#Cc1ccc(-n2c3ccc(-c4ccc(C(F)(F)F)cc4C(F)(F)F)cc3c3cc(-c4ccc(C(F)(F)F)cc4C(F)(F)F)ccc32)cc1-c1cc(-n2c3ccc(-c4ccc(C(F)(F)F)cc4C(F)(F)F)cc3c3cc(-c4ccc(C(F)(F)F)cc4C(F)(F)F)ccc32)ccc1C#N. The maximum Gasteiger partial charge on any atom is 0.417 e. The molecule has 0 aliphatic heterocycles. The standard InChI is InChI=1S/C70H30F24N4/c71-63(72,73)39-7-13-45(55(25-39)67(83,84)85)33-3-17-59-51(21-33)52-22-34(46-14-8-40(64(74,75)76)26-56(46)68(86,87)88)4-18-60(52)97(59)43-11-1-37(31-95)49(29-43)50-30-44(12-2-38(50)32-96)98-61-19-5-35(47-15-9-41(65(77,78)79)27-57(47)69(89,90)91)23-53(61)54-24-36(6-20-62(54)98)48-16-10-42(66(80,81)82)28-58(48)70(92,93)94/h1-30H. The van der Waals surface area contributed by atoms with Gasteiger partial charge in [0.1, 0.15) is 0 Å². The van der Waals surface area contributed by atoms with Crippen molar-refractivity contribution in [2.75, 3.05) is 0 Å². The largest absolute Gasteiger partial charge is 0.417 e. The number of nitriles is 2. The minimum atomic E-state index is -5.43. The summed E-state index contributed by atoms with van der Waals surface area (Å²) in [5, 5.41) is 21.0. The second-order valence-electron chi connectivity index (χ2n) is 22.3. The van der Waals surface area contributed by atoms with Crippen LogP contribution in [0.1, 0.15) is 55.6 Å². The van der Waals surface area contributed by atoms with E-state index in [0.717, 1.165) is 48.5 Å². The zero-order valence-electron chi connectivity index (χ0n) is 48.2. The maximum atomic E-state index is 14.7. The van der Waals surface area contributed by atoms with E-state index in [1.165, 1.54) is 69.8 Å². The summed E-state index contributed by atoms with van der Waals surface area (Å²) in [6.45, 7) is 0. The minimum absolute atomic E-state index is 0.00364. The van der Waals surface area contributed by atoms with Gasteiger partial charge in [0.25, 0.3) is 0 Å². The molecule has 0 bridgehead atoms. The number of hydrogen-bond donors (Lipinski definition) is 0. The average molecular weight is 1380 g/mol. The van der Waals surface area contributed by atoms with Gasteiger partial charge < -0.3 is 9.13 Å². The summed E-state index contributed by atoms with van der Waals surface area (Å²) in [5.41, 5.74) is -19.1. The highest BCUT2D eigenvalue weighted by molar-refractivity contribution is 6.13. The van der Waals surface area contributed by atoms with Gasteiger partial charge in [-0.05, 0) is 178 Å². The second-order valence-corrected chi connectivity index (χ2v) is 22.3. The van der Waals surface area contributed by atoms with Gasteiger partial charge in [0, 0.05) is 44.0 Å². The molecule has 0 radical (unpaired) electrons. The molecule has 0 atom stereocenters. The summed E-state index contributed by atoms with van der Waals surface area (Å²) >= 11 is 0. The fourth-order valence-corrected chi connectivity index (χ4v) is 12.1. The molecule has 0 aliphatic carbocycles. The minimum Gasteiger partial charge on any atom is -0.309 e. The van der Waals surface area contributed by atoms with Crippen molar-refractivity contribution in [2.24, 2.45) is 0 Å². The normalized spacial score (nSPS) is 13.1. The molecule has 0 unspecified atom stereocenters. The lowest BCUT2D eigenvalue weighted by Gasteiger charge is -2.17. The Balaban J connectivity index is 1.09. The predicted octanol–water partition coefficient (Wildman–Crippen LogP) is 24.1. The number of benzene rings is 10. The highest BCUT2D eigenvalue weighted by Crippen LogP contribution is 2.50. The van der Waals surface area contributed by atoms with Gasteiger partial charge in [0.15, 0.2) is 0 Å². The van der Waals surface area contributed by atoms with Crippen LogP contribution in [-0.4, -0.2) is 9.13 Å². The Morgan fingerprint density at radius 1 is 0.224 bits per heavy atom. The number of fused-ring (bicyclic) bond motifs is 6. The summed E-state index contributed by atoms with van der Waals surface area (Å²) in [7, 11) is 0. The first-order valence-electron chi connectivity index (χ1n) is 28.0. The van der Waals surface area contributed by atoms with Crippen LogP contribution in [-0.2, 0) is 49.4 Å². The van der Waals surface area contributed by atoms with Gasteiger partial charge in [-0.3, -0.25) is 0 Å². The molecule has 0 saturated carbocycles. The van der Waals surface area contributed by atoms with Crippen LogP contribution in [0.25, 0.3) is 111 Å². The Hall–Kier alpha value is -10.9. The molecule has 2 aromatic heterocycles. The van der Waals surface area contributed by atoms with Gasteiger partial charge in [-0.25, -0.2) is 0 Å². The van der Waals surface area contributed by atoms with Gasteiger partial charge >= 0.3 is 49.4 Å². The number of aromatic nitrogens is 2. The Kier molecular flexibility index (Phi) is 15.7. The van der Waals surface area contributed by atoms with E-state index in [1.54, 1.807) is 0 Å². The second kappa shape index (κ2) is 22.9. The van der Waals surface area contributed by atoms with E-state index in [1.807, 2.05) is 12.1 Å². The topological polar surface area (TPSA) is 57.4 Å². The molecule has 0 aliphatic rings.